The number of nitrogens with one attached hydrogen (secondary N) is 1. The van der Waals surface area contributed by atoms with Crippen LogP contribution in [0, 0.1) is 23.0 Å². The van der Waals surface area contributed by atoms with Gasteiger partial charge in [0.25, 0.3) is 0 Å². The Morgan fingerprint density at radius 2 is 2.12 bits per heavy atom. The van der Waals surface area contributed by atoms with Gasteiger partial charge in [0, 0.05) is 5.56 Å². The van der Waals surface area contributed by atoms with Crippen molar-refractivity contribution in [3.63, 3.8) is 0 Å². The minimum atomic E-state index is -1.07. The van der Waals surface area contributed by atoms with Gasteiger partial charge in [-0.3, -0.25) is 4.79 Å². The second kappa shape index (κ2) is 4.91. The highest BCUT2D eigenvalue weighted by molar-refractivity contribution is 5.78. The van der Waals surface area contributed by atoms with Gasteiger partial charge in [0.05, 0.1) is 11.6 Å². The molecule has 0 aliphatic heterocycles. The van der Waals surface area contributed by atoms with Crippen LogP contribution in [-0.4, -0.2) is 5.91 Å². The Morgan fingerprint density at radius 1 is 1.47 bits per heavy atom. The molecule has 1 rings (SSSR count). The fourth-order valence-electron chi connectivity index (χ4n) is 1.51. The molecule has 0 atom stereocenters. The van der Waals surface area contributed by atoms with Crippen molar-refractivity contribution in [2.75, 3.05) is 0 Å². The number of halogens is 2. The van der Waals surface area contributed by atoms with E-state index < -0.39 is 23.1 Å². The summed E-state index contributed by atoms with van der Waals surface area (Å²) in [6.45, 7) is 3.08. The summed E-state index contributed by atoms with van der Waals surface area (Å²) in [6, 6.07) is 4.73. The van der Waals surface area contributed by atoms with Gasteiger partial charge in [0.15, 0.2) is 0 Å². The molecule has 0 saturated heterocycles. The third-order valence-corrected chi connectivity index (χ3v) is 2.29. The zero-order valence-corrected chi connectivity index (χ0v) is 9.55. The number of hydrogen-bond acceptors (Lipinski definition) is 2. The molecule has 0 saturated carbocycles. The Hall–Kier alpha value is -1.96. The van der Waals surface area contributed by atoms with E-state index >= 15 is 0 Å². The summed E-state index contributed by atoms with van der Waals surface area (Å²) in [5.74, 6) is -1.71. The zero-order chi connectivity index (χ0) is 13.1. The van der Waals surface area contributed by atoms with E-state index in [-0.39, 0.29) is 12.0 Å². The number of nitriles is 1. The molecule has 1 aromatic rings. The van der Waals surface area contributed by atoms with Crippen molar-refractivity contribution >= 4 is 5.91 Å². The second-order valence-electron chi connectivity index (χ2n) is 4.13. The molecule has 0 heterocycles. The Kier molecular flexibility index (Phi) is 3.79. The summed E-state index contributed by atoms with van der Waals surface area (Å²) in [7, 11) is 0. The van der Waals surface area contributed by atoms with Crippen molar-refractivity contribution in [3.8, 4) is 6.07 Å². The van der Waals surface area contributed by atoms with E-state index in [9.17, 15) is 13.6 Å². The van der Waals surface area contributed by atoms with Crippen LogP contribution in [0.5, 0.6) is 0 Å². The molecule has 0 radical (unpaired) electrons. The van der Waals surface area contributed by atoms with Gasteiger partial charge in [-0.05, 0) is 32.0 Å². The molecule has 0 aliphatic carbocycles. The number of rotatable bonds is 3. The lowest BCUT2D eigenvalue weighted by Gasteiger charge is -2.26. The number of benzene rings is 1. The molecule has 3 nitrogen and oxygen atoms in total. The maximum atomic E-state index is 13.5. The highest BCUT2D eigenvalue weighted by atomic mass is 19.1. The fraction of sp³-hybridized carbons (Fsp3) is 0.333. The summed E-state index contributed by atoms with van der Waals surface area (Å²) >= 11 is 0. The predicted octanol–water partition coefficient (Wildman–Crippen LogP) is 2.23. The largest absolute Gasteiger partial charge is 0.346 e. The molecule has 0 fully saturated rings. The van der Waals surface area contributed by atoms with Crippen LogP contribution in [0.3, 0.4) is 0 Å². The van der Waals surface area contributed by atoms with E-state index in [1.165, 1.54) is 0 Å². The minimum absolute atomic E-state index is 0.0452. The zero-order valence-electron chi connectivity index (χ0n) is 9.55. The van der Waals surface area contributed by atoms with Crippen LogP contribution < -0.4 is 5.32 Å². The molecule has 1 N–H and O–H groups in total. The molecular weight excluding hydrogens is 226 g/mol. The van der Waals surface area contributed by atoms with Crippen LogP contribution >= 0.6 is 0 Å². The Labute approximate surface area is 98.1 Å². The summed E-state index contributed by atoms with van der Waals surface area (Å²) < 4.78 is 26.5. The quantitative estimate of drug-likeness (QED) is 0.877. The highest BCUT2D eigenvalue weighted by Crippen LogP contribution is 2.24. The number of amides is 1. The lowest BCUT2D eigenvalue weighted by atomic mass is 9.93. The molecule has 1 aromatic carbocycles. The number of nitrogens with zero attached hydrogens (tertiary/aromatic N) is 1. The van der Waals surface area contributed by atoms with Crippen LogP contribution in [0.4, 0.5) is 8.78 Å². The van der Waals surface area contributed by atoms with Gasteiger partial charge in [0.1, 0.15) is 18.1 Å². The van der Waals surface area contributed by atoms with Gasteiger partial charge in [0.2, 0.25) is 5.91 Å². The van der Waals surface area contributed by atoms with Crippen molar-refractivity contribution in [1.82, 2.24) is 5.32 Å². The molecule has 90 valence electrons. The minimum Gasteiger partial charge on any atom is -0.346 e. The SMILES string of the molecule is CC(C)(NC(=O)CC#N)c1cc(F)ccc1F. The summed E-state index contributed by atoms with van der Waals surface area (Å²) in [6.07, 6.45) is -0.319. The standard InChI is InChI=1S/C12H12F2N2O/c1-12(2,16-11(17)5-6-15)9-7-8(13)3-4-10(9)14/h3-4,7H,5H2,1-2H3,(H,16,17). The van der Waals surface area contributed by atoms with Gasteiger partial charge in [-0.2, -0.15) is 5.26 Å². The maximum Gasteiger partial charge on any atom is 0.234 e. The van der Waals surface area contributed by atoms with Gasteiger partial charge in [-0.1, -0.05) is 0 Å². The molecule has 17 heavy (non-hydrogen) atoms. The Morgan fingerprint density at radius 3 is 2.71 bits per heavy atom. The molecule has 0 spiro atoms. The lowest BCUT2D eigenvalue weighted by molar-refractivity contribution is -0.121. The topological polar surface area (TPSA) is 52.9 Å². The van der Waals surface area contributed by atoms with Crippen molar-refractivity contribution in [1.29, 1.82) is 5.26 Å². The van der Waals surface area contributed by atoms with E-state index in [1.807, 2.05) is 0 Å². The smallest absolute Gasteiger partial charge is 0.234 e. The van der Waals surface area contributed by atoms with Crippen molar-refractivity contribution in [2.24, 2.45) is 0 Å². The molecule has 0 unspecified atom stereocenters. The van der Waals surface area contributed by atoms with E-state index in [2.05, 4.69) is 5.32 Å². The molecule has 5 heteroatoms. The van der Waals surface area contributed by atoms with E-state index in [1.54, 1.807) is 19.9 Å². The summed E-state index contributed by atoms with van der Waals surface area (Å²) in [4.78, 5) is 11.3. The van der Waals surface area contributed by atoms with Crippen LogP contribution in [0.2, 0.25) is 0 Å². The van der Waals surface area contributed by atoms with Crippen molar-refractivity contribution in [3.05, 3.63) is 35.4 Å². The third kappa shape index (κ3) is 3.25. The van der Waals surface area contributed by atoms with Crippen LogP contribution in [0.25, 0.3) is 0 Å². The molecule has 0 bridgehead atoms. The monoisotopic (exact) mass is 238 g/mol. The van der Waals surface area contributed by atoms with Gasteiger partial charge >= 0.3 is 0 Å². The van der Waals surface area contributed by atoms with E-state index in [0.29, 0.717) is 0 Å². The second-order valence-corrected chi connectivity index (χ2v) is 4.13. The molecule has 1 amide bonds. The van der Waals surface area contributed by atoms with Gasteiger partial charge in [-0.15, -0.1) is 0 Å². The number of carbonyl (C=O) groups excluding carboxylic acids is 1. The maximum absolute atomic E-state index is 13.5. The normalized spacial score (nSPS) is 10.8. The highest BCUT2D eigenvalue weighted by Gasteiger charge is 2.26. The number of hydrogen-bond donors (Lipinski definition) is 1. The van der Waals surface area contributed by atoms with Gasteiger partial charge in [-0.25, -0.2) is 8.78 Å². The first-order valence-corrected chi connectivity index (χ1v) is 5.00. The lowest BCUT2D eigenvalue weighted by Crippen LogP contribution is -2.41. The first-order valence-electron chi connectivity index (χ1n) is 5.00. The Balaban J connectivity index is 3.00. The average molecular weight is 238 g/mol. The Bertz CT molecular complexity index is 478. The van der Waals surface area contributed by atoms with E-state index in [4.69, 9.17) is 5.26 Å². The van der Waals surface area contributed by atoms with Crippen molar-refractivity contribution in [2.45, 2.75) is 25.8 Å². The first kappa shape index (κ1) is 13.1. The summed E-state index contributed by atoms with van der Waals surface area (Å²) in [5, 5.41) is 10.8. The van der Waals surface area contributed by atoms with Crippen LogP contribution in [0.1, 0.15) is 25.8 Å². The predicted molar refractivity (Wildman–Crippen MR) is 57.8 cm³/mol. The van der Waals surface area contributed by atoms with Gasteiger partial charge < -0.3 is 5.32 Å². The number of carbonyl (C=O) groups is 1. The van der Waals surface area contributed by atoms with E-state index in [0.717, 1.165) is 18.2 Å². The third-order valence-electron chi connectivity index (χ3n) is 2.29. The van der Waals surface area contributed by atoms with Crippen LogP contribution in [0.15, 0.2) is 18.2 Å². The molecule has 0 aliphatic rings. The summed E-state index contributed by atoms with van der Waals surface area (Å²) in [5.41, 5.74) is -1.02. The molecular formula is C12H12F2N2O. The average Bonchev–Trinajstić information content (AvgIpc) is 2.21. The van der Waals surface area contributed by atoms with Crippen molar-refractivity contribution < 1.29 is 13.6 Å². The molecule has 0 aromatic heterocycles. The van der Waals surface area contributed by atoms with Crippen LogP contribution in [-0.2, 0) is 10.3 Å². The first-order chi connectivity index (χ1) is 7.86. The fourth-order valence-corrected chi connectivity index (χ4v) is 1.51.